The first kappa shape index (κ1) is 15.7. The largest absolute Gasteiger partial charge is 0.329 e. The second kappa shape index (κ2) is 7.41. The number of hydrogen-bond acceptors (Lipinski definition) is 3. The molecule has 3 rings (SSSR count). The van der Waals surface area contributed by atoms with Crippen molar-refractivity contribution in [3.05, 3.63) is 72.4 Å². The normalized spacial score (nSPS) is 18.6. The number of rotatable bonds is 4. The second-order valence-corrected chi connectivity index (χ2v) is 5.47. The van der Waals surface area contributed by atoms with Gasteiger partial charge in [0.1, 0.15) is 0 Å². The maximum absolute atomic E-state index is 12.5. The fraction of sp³-hybridized carbons (Fsp3) is 0.167. The fourth-order valence-corrected chi connectivity index (χ4v) is 2.52. The minimum absolute atomic E-state index is 0.123. The van der Waals surface area contributed by atoms with Gasteiger partial charge in [-0.05, 0) is 30.7 Å². The van der Waals surface area contributed by atoms with Crippen LogP contribution in [0.4, 0.5) is 10.5 Å². The van der Waals surface area contributed by atoms with E-state index in [0.29, 0.717) is 17.8 Å². The molecule has 0 bridgehead atoms. The third kappa shape index (κ3) is 3.98. The number of pyridine rings is 1. The van der Waals surface area contributed by atoms with Crippen molar-refractivity contribution in [2.45, 2.75) is 12.8 Å². The number of allylic oxidation sites excluding steroid dienone is 6. The van der Waals surface area contributed by atoms with Crippen LogP contribution in [0.5, 0.6) is 0 Å². The Bertz CT molecular complexity index is 748. The molecule has 3 amide bonds. The van der Waals surface area contributed by atoms with E-state index in [2.05, 4.69) is 20.9 Å². The Balaban J connectivity index is 1.61. The Morgan fingerprint density at radius 2 is 1.96 bits per heavy atom. The Kier molecular flexibility index (Phi) is 4.86. The van der Waals surface area contributed by atoms with E-state index in [1.165, 1.54) is 0 Å². The summed E-state index contributed by atoms with van der Waals surface area (Å²) >= 11 is 0. The number of aromatic nitrogens is 1. The fourth-order valence-electron chi connectivity index (χ4n) is 2.52. The van der Waals surface area contributed by atoms with Crippen LogP contribution in [0.3, 0.4) is 0 Å². The molecule has 6 nitrogen and oxygen atoms in total. The van der Waals surface area contributed by atoms with E-state index < -0.39 is 11.9 Å². The summed E-state index contributed by atoms with van der Waals surface area (Å²) in [5.41, 5.74) is 2.03. The molecule has 0 radical (unpaired) electrons. The lowest BCUT2D eigenvalue weighted by molar-refractivity contribution is -0.123. The van der Waals surface area contributed by atoms with Crippen LogP contribution in [-0.4, -0.2) is 16.9 Å². The predicted octanol–water partition coefficient (Wildman–Crippen LogP) is 2.62. The summed E-state index contributed by atoms with van der Waals surface area (Å²) < 4.78 is 0. The zero-order chi connectivity index (χ0) is 16.8. The van der Waals surface area contributed by atoms with Crippen LogP contribution in [-0.2, 0) is 4.79 Å². The van der Waals surface area contributed by atoms with Gasteiger partial charge in [0, 0.05) is 24.0 Å². The Hall–Kier alpha value is -3.15. The summed E-state index contributed by atoms with van der Waals surface area (Å²) in [7, 11) is 0. The Morgan fingerprint density at radius 3 is 2.71 bits per heavy atom. The molecule has 0 aromatic carbocycles. The van der Waals surface area contributed by atoms with Gasteiger partial charge in [0.2, 0.25) is 5.91 Å². The van der Waals surface area contributed by atoms with Crippen molar-refractivity contribution in [2.75, 3.05) is 5.32 Å². The van der Waals surface area contributed by atoms with E-state index in [1.807, 2.05) is 30.4 Å². The number of carbonyl (C=O) groups excluding carboxylic acids is 2. The molecular weight excluding hydrogens is 304 g/mol. The molecule has 0 saturated heterocycles. The quantitative estimate of drug-likeness (QED) is 0.797. The minimum atomic E-state index is -0.420. The number of nitrogens with one attached hydrogen (secondary N) is 3. The van der Waals surface area contributed by atoms with E-state index in [0.717, 1.165) is 12.1 Å². The monoisotopic (exact) mass is 322 g/mol. The molecular formula is C18H18N4O2. The summed E-state index contributed by atoms with van der Waals surface area (Å²) in [6, 6.07) is 3.08. The topological polar surface area (TPSA) is 83.1 Å². The van der Waals surface area contributed by atoms with Crippen molar-refractivity contribution >= 4 is 17.6 Å². The van der Waals surface area contributed by atoms with Crippen molar-refractivity contribution < 1.29 is 9.59 Å². The van der Waals surface area contributed by atoms with Crippen molar-refractivity contribution in [3.8, 4) is 0 Å². The number of nitrogens with zero attached hydrogens (tertiary/aromatic N) is 1. The molecule has 1 aromatic rings. The third-order valence-corrected chi connectivity index (χ3v) is 3.71. The Labute approximate surface area is 140 Å². The van der Waals surface area contributed by atoms with Gasteiger partial charge in [-0.1, -0.05) is 24.3 Å². The lowest BCUT2D eigenvalue weighted by Gasteiger charge is -2.22. The van der Waals surface area contributed by atoms with Gasteiger partial charge in [-0.15, -0.1) is 0 Å². The van der Waals surface area contributed by atoms with Crippen molar-refractivity contribution in [1.82, 2.24) is 15.6 Å². The average molecular weight is 322 g/mol. The predicted molar refractivity (Wildman–Crippen MR) is 91.7 cm³/mol. The van der Waals surface area contributed by atoms with E-state index in [-0.39, 0.29) is 5.91 Å². The lowest BCUT2D eigenvalue weighted by Crippen LogP contribution is -2.38. The summed E-state index contributed by atoms with van der Waals surface area (Å²) in [6.07, 6.45) is 15.7. The molecule has 1 heterocycles. The molecule has 0 saturated carbocycles. The highest BCUT2D eigenvalue weighted by molar-refractivity contribution is 5.92. The average Bonchev–Trinajstić information content (AvgIpc) is 3.09. The van der Waals surface area contributed by atoms with Crippen LogP contribution in [0, 0.1) is 5.92 Å². The van der Waals surface area contributed by atoms with Crippen molar-refractivity contribution in [3.63, 3.8) is 0 Å². The molecule has 2 aliphatic carbocycles. The van der Waals surface area contributed by atoms with Crippen LogP contribution in [0.15, 0.2) is 72.4 Å². The molecule has 0 aliphatic heterocycles. The van der Waals surface area contributed by atoms with E-state index in [1.54, 1.807) is 30.6 Å². The molecule has 1 atom stereocenters. The number of carbonyl (C=O) groups is 2. The summed E-state index contributed by atoms with van der Waals surface area (Å²) in [6.45, 7) is 0. The molecule has 24 heavy (non-hydrogen) atoms. The molecule has 2 aliphatic rings. The number of anilines is 1. The third-order valence-electron chi connectivity index (χ3n) is 3.71. The zero-order valence-electron chi connectivity index (χ0n) is 13.0. The first-order valence-electron chi connectivity index (χ1n) is 7.73. The first-order chi connectivity index (χ1) is 11.7. The van der Waals surface area contributed by atoms with Gasteiger partial charge >= 0.3 is 6.03 Å². The van der Waals surface area contributed by atoms with Crippen LogP contribution in [0.25, 0.3) is 0 Å². The highest BCUT2D eigenvalue weighted by Gasteiger charge is 2.25. The van der Waals surface area contributed by atoms with E-state index in [9.17, 15) is 9.59 Å². The van der Waals surface area contributed by atoms with Crippen LogP contribution in [0.2, 0.25) is 0 Å². The smallest absolute Gasteiger partial charge is 0.323 e. The maximum Gasteiger partial charge on any atom is 0.323 e. The highest BCUT2D eigenvalue weighted by atomic mass is 16.2. The zero-order valence-corrected chi connectivity index (χ0v) is 13.0. The Morgan fingerprint density at radius 1 is 1.08 bits per heavy atom. The minimum Gasteiger partial charge on any atom is -0.329 e. The number of amides is 3. The maximum atomic E-state index is 12.5. The van der Waals surface area contributed by atoms with Gasteiger partial charge in [0.15, 0.2) is 0 Å². The molecule has 3 N–H and O–H groups in total. The molecule has 1 aromatic heterocycles. The van der Waals surface area contributed by atoms with Gasteiger partial charge in [0.25, 0.3) is 0 Å². The van der Waals surface area contributed by atoms with E-state index in [4.69, 9.17) is 0 Å². The number of hydrogen-bond donors (Lipinski definition) is 3. The molecule has 0 spiro atoms. The summed E-state index contributed by atoms with van der Waals surface area (Å²) in [5.74, 6) is -0.543. The van der Waals surface area contributed by atoms with Gasteiger partial charge in [0.05, 0.1) is 17.8 Å². The van der Waals surface area contributed by atoms with Crippen molar-refractivity contribution in [2.24, 2.45) is 5.92 Å². The molecule has 0 unspecified atom stereocenters. The van der Waals surface area contributed by atoms with Gasteiger partial charge in [-0.3, -0.25) is 9.78 Å². The second-order valence-electron chi connectivity index (χ2n) is 5.47. The SMILES string of the molecule is O=C(NC1=CC=CC[C@H]1C(=O)NC1=CC=CC1)Nc1cccnc1. The van der Waals surface area contributed by atoms with Gasteiger partial charge in [-0.25, -0.2) is 4.79 Å². The lowest BCUT2D eigenvalue weighted by atomic mass is 9.95. The van der Waals surface area contributed by atoms with Crippen molar-refractivity contribution in [1.29, 1.82) is 0 Å². The van der Waals surface area contributed by atoms with E-state index >= 15 is 0 Å². The first-order valence-corrected chi connectivity index (χ1v) is 7.73. The van der Waals surface area contributed by atoms with Gasteiger partial charge < -0.3 is 16.0 Å². The summed E-state index contributed by atoms with van der Waals surface area (Å²) in [4.78, 5) is 28.5. The molecule has 6 heteroatoms. The standard InChI is InChI=1S/C18H18N4O2/c23-17(20-13-6-1-2-7-13)15-9-3-4-10-16(15)22-18(24)21-14-8-5-11-19-12-14/h1-6,8,10-12,15H,7,9H2,(H,20,23)(H2,21,22,24)/t15-/m1/s1. The van der Waals surface area contributed by atoms with Crippen LogP contribution < -0.4 is 16.0 Å². The number of urea groups is 1. The molecule has 122 valence electrons. The van der Waals surface area contributed by atoms with Crippen LogP contribution in [0.1, 0.15) is 12.8 Å². The molecule has 0 fully saturated rings. The highest BCUT2D eigenvalue weighted by Crippen LogP contribution is 2.20. The summed E-state index contributed by atoms with van der Waals surface area (Å²) in [5, 5.41) is 8.36. The van der Waals surface area contributed by atoms with Crippen LogP contribution >= 0.6 is 0 Å². The van der Waals surface area contributed by atoms with Gasteiger partial charge in [-0.2, -0.15) is 0 Å².